The van der Waals surface area contributed by atoms with Crippen LogP contribution in [-0.4, -0.2) is 11.8 Å². The lowest BCUT2D eigenvalue weighted by Gasteiger charge is -2.34. The van der Waals surface area contributed by atoms with E-state index in [0.29, 0.717) is 22.7 Å². The highest BCUT2D eigenvalue weighted by molar-refractivity contribution is 7.12. The minimum absolute atomic E-state index is 0.361. The number of thiophene rings is 2. The van der Waals surface area contributed by atoms with Crippen molar-refractivity contribution in [3.63, 3.8) is 0 Å². The van der Waals surface area contributed by atoms with Crippen molar-refractivity contribution in [3.8, 4) is 0 Å². The third-order valence-corrected chi connectivity index (χ3v) is 5.42. The predicted octanol–water partition coefficient (Wildman–Crippen LogP) is 5.53. The maximum Gasteiger partial charge on any atom is 0.365 e. The zero-order valence-electron chi connectivity index (χ0n) is 10.0. The largest absolute Gasteiger partial charge is 0.365 e. The first kappa shape index (κ1) is 14.6. The molecule has 2 aromatic rings. The summed E-state index contributed by atoms with van der Waals surface area (Å²) in [5.41, 5.74) is -3.11. The van der Waals surface area contributed by atoms with Crippen LogP contribution in [0.2, 0.25) is 0 Å². The van der Waals surface area contributed by atoms with E-state index in [-0.39, 0.29) is 9.75 Å². The van der Waals surface area contributed by atoms with Crippen molar-refractivity contribution in [2.24, 2.45) is 0 Å². The lowest BCUT2D eigenvalue weighted by Crippen LogP contribution is -2.51. The minimum Gasteiger partial charge on any atom is -0.207 e. The molecule has 0 aromatic carbocycles. The van der Waals surface area contributed by atoms with E-state index in [4.69, 9.17) is 0 Å². The third-order valence-electron chi connectivity index (χ3n) is 3.44. The van der Waals surface area contributed by atoms with Gasteiger partial charge in [-0.2, -0.15) is 17.6 Å². The van der Waals surface area contributed by atoms with Crippen molar-refractivity contribution in [2.75, 3.05) is 0 Å². The fourth-order valence-electron chi connectivity index (χ4n) is 2.44. The van der Waals surface area contributed by atoms with Crippen molar-refractivity contribution in [1.82, 2.24) is 0 Å². The second kappa shape index (κ2) is 4.36. The van der Waals surface area contributed by atoms with Crippen LogP contribution in [0.4, 0.5) is 26.3 Å². The molecule has 0 saturated heterocycles. The third kappa shape index (κ3) is 1.52. The van der Waals surface area contributed by atoms with Gasteiger partial charge in [0.25, 0.3) is 0 Å². The van der Waals surface area contributed by atoms with Crippen LogP contribution in [0.1, 0.15) is 9.75 Å². The molecule has 1 aliphatic rings. The highest BCUT2D eigenvalue weighted by Crippen LogP contribution is 2.66. The number of halogens is 6. The van der Waals surface area contributed by atoms with E-state index < -0.39 is 28.9 Å². The first-order valence-electron chi connectivity index (χ1n) is 5.67. The summed E-state index contributed by atoms with van der Waals surface area (Å²) in [5, 5.41) is 2.70. The van der Waals surface area contributed by atoms with Gasteiger partial charge in [-0.15, -0.1) is 22.7 Å². The second-order valence-electron chi connectivity index (χ2n) is 4.48. The van der Waals surface area contributed by atoms with Gasteiger partial charge in [-0.1, -0.05) is 12.1 Å². The van der Waals surface area contributed by atoms with Gasteiger partial charge < -0.3 is 0 Å². The van der Waals surface area contributed by atoms with Crippen LogP contribution in [0, 0.1) is 0 Å². The highest BCUT2D eigenvalue weighted by atomic mass is 32.1. The molecule has 1 aliphatic carbocycles. The van der Waals surface area contributed by atoms with Crippen LogP contribution in [0.25, 0.3) is 0 Å². The normalized spacial score (nSPS) is 22.8. The van der Waals surface area contributed by atoms with Gasteiger partial charge in [0.1, 0.15) is 0 Å². The average molecular weight is 340 g/mol. The zero-order chi connectivity index (χ0) is 15.5. The Kier molecular flexibility index (Phi) is 3.04. The molecule has 0 aliphatic heterocycles. The van der Waals surface area contributed by atoms with E-state index in [2.05, 4.69) is 0 Å². The fraction of sp³-hybridized carbons (Fsp3) is 0.231. The number of rotatable bonds is 2. The molecule has 3 rings (SSSR count). The van der Waals surface area contributed by atoms with Gasteiger partial charge in [0, 0.05) is 9.75 Å². The van der Waals surface area contributed by atoms with Crippen LogP contribution in [-0.2, 0) is 5.41 Å². The smallest absolute Gasteiger partial charge is 0.207 e. The van der Waals surface area contributed by atoms with Gasteiger partial charge in [-0.3, -0.25) is 0 Å². The zero-order valence-corrected chi connectivity index (χ0v) is 11.7. The van der Waals surface area contributed by atoms with Crippen LogP contribution in [0.15, 0.2) is 46.7 Å². The van der Waals surface area contributed by atoms with Crippen LogP contribution in [0.5, 0.6) is 0 Å². The lowest BCUT2D eigenvalue weighted by atomic mass is 9.79. The van der Waals surface area contributed by atoms with Crippen molar-refractivity contribution >= 4 is 22.7 Å². The van der Waals surface area contributed by atoms with Crippen LogP contribution < -0.4 is 0 Å². The molecule has 0 N–H and O–H groups in total. The molecule has 112 valence electrons. The first-order chi connectivity index (χ1) is 9.78. The Hall–Kier alpha value is -1.28. The predicted molar refractivity (Wildman–Crippen MR) is 68.6 cm³/mol. The summed E-state index contributed by atoms with van der Waals surface area (Å²) in [6, 6.07) is 4.86. The van der Waals surface area contributed by atoms with Gasteiger partial charge in [0.05, 0.1) is 0 Å². The molecule has 0 bridgehead atoms. The Balaban J connectivity index is 2.42. The van der Waals surface area contributed by atoms with Crippen molar-refractivity contribution in [2.45, 2.75) is 17.3 Å². The van der Waals surface area contributed by atoms with E-state index in [0.717, 1.165) is 12.1 Å². The summed E-state index contributed by atoms with van der Waals surface area (Å²) in [7, 11) is 0. The Morgan fingerprint density at radius 1 is 0.762 bits per heavy atom. The van der Waals surface area contributed by atoms with E-state index in [9.17, 15) is 26.3 Å². The molecule has 0 atom stereocenters. The summed E-state index contributed by atoms with van der Waals surface area (Å²) in [5.74, 6) is -15.0. The molecule has 0 spiro atoms. The molecule has 8 heteroatoms. The molecule has 0 radical (unpaired) electrons. The van der Waals surface area contributed by atoms with Gasteiger partial charge in [-0.25, -0.2) is 8.78 Å². The molecular weight excluding hydrogens is 334 g/mol. The molecule has 0 unspecified atom stereocenters. The Morgan fingerprint density at radius 2 is 1.24 bits per heavy atom. The quantitative estimate of drug-likeness (QED) is 0.631. The molecular formula is C13H6F6S2. The minimum atomic E-state index is -5.19. The summed E-state index contributed by atoms with van der Waals surface area (Å²) in [6.45, 7) is 0. The highest BCUT2D eigenvalue weighted by Gasteiger charge is 2.81. The molecule has 2 aromatic heterocycles. The van der Waals surface area contributed by atoms with Crippen molar-refractivity contribution in [3.05, 3.63) is 56.4 Å². The van der Waals surface area contributed by atoms with Gasteiger partial charge in [0.2, 0.25) is 5.83 Å². The summed E-state index contributed by atoms with van der Waals surface area (Å²) < 4.78 is 83.9. The van der Waals surface area contributed by atoms with Gasteiger partial charge in [0.15, 0.2) is 11.2 Å². The molecule has 0 fully saturated rings. The molecule has 2 heterocycles. The topological polar surface area (TPSA) is 0 Å². The van der Waals surface area contributed by atoms with E-state index in [1.165, 1.54) is 22.9 Å². The standard InChI is InChI=1S/C13H6F6S2/c14-9-10(15)12(16,17)13(18,19)11(9,7-3-1-5-20-7)8-4-2-6-21-8/h1-6H. The Bertz CT molecular complexity index is 650. The maximum atomic E-state index is 14.4. The van der Waals surface area contributed by atoms with Gasteiger partial charge in [-0.05, 0) is 22.9 Å². The van der Waals surface area contributed by atoms with E-state index >= 15 is 0 Å². The molecule has 0 nitrogen and oxygen atoms in total. The average Bonchev–Trinajstić information content (AvgIpc) is 3.12. The van der Waals surface area contributed by atoms with E-state index in [1.54, 1.807) is 0 Å². The number of allylic oxidation sites excluding steroid dienone is 2. The molecule has 0 saturated carbocycles. The number of hydrogen-bond donors (Lipinski definition) is 0. The van der Waals surface area contributed by atoms with E-state index in [1.807, 2.05) is 0 Å². The van der Waals surface area contributed by atoms with Gasteiger partial charge >= 0.3 is 11.8 Å². The SMILES string of the molecule is FC1=C(F)C(c2cccs2)(c2cccs2)C(F)(F)C1(F)F. The fourth-order valence-corrected chi connectivity index (χ4v) is 4.44. The van der Waals surface area contributed by atoms with Crippen molar-refractivity contribution in [1.29, 1.82) is 0 Å². The number of alkyl halides is 4. The maximum absolute atomic E-state index is 14.4. The molecule has 0 amide bonds. The number of hydrogen-bond acceptors (Lipinski definition) is 2. The summed E-state index contributed by atoms with van der Waals surface area (Å²) >= 11 is 1.36. The lowest BCUT2D eigenvalue weighted by molar-refractivity contribution is -0.203. The summed E-state index contributed by atoms with van der Waals surface area (Å²) in [6.07, 6.45) is 0. The summed E-state index contributed by atoms with van der Waals surface area (Å²) in [4.78, 5) is -0.723. The Labute approximate surface area is 123 Å². The monoisotopic (exact) mass is 340 g/mol. The second-order valence-corrected chi connectivity index (χ2v) is 6.38. The Morgan fingerprint density at radius 3 is 1.52 bits per heavy atom. The molecule has 21 heavy (non-hydrogen) atoms. The first-order valence-corrected chi connectivity index (χ1v) is 7.43. The van der Waals surface area contributed by atoms with Crippen LogP contribution >= 0.6 is 22.7 Å². The van der Waals surface area contributed by atoms with Crippen molar-refractivity contribution < 1.29 is 26.3 Å². The van der Waals surface area contributed by atoms with Crippen LogP contribution in [0.3, 0.4) is 0 Å².